The molecule has 2 unspecified atom stereocenters. The van der Waals surface area contributed by atoms with Gasteiger partial charge >= 0.3 is 0 Å². The van der Waals surface area contributed by atoms with E-state index in [0.29, 0.717) is 6.54 Å². The van der Waals surface area contributed by atoms with Crippen molar-refractivity contribution in [2.75, 3.05) is 13.6 Å². The molecule has 0 fully saturated rings. The van der Waals surface area contributed by atoms with Crippen molar-refractivity contribution in [2.45, 2.75) is 26.0 Å². The molecule has 0 saturated carbocycles. The number of hydrogen-bond donors (Lipinski definition) is 1. The standard InChI is InChI=1S/C9H16N4O2/c1-7(14)4-12(3)9(15)8(2)13-6-10-5-11-13/h5-8,14H,4H2,1-3H3. The minimum atomic E-state index is -0.526. The van der Waals surface area contributed by atoms with Gasteiger partial charge in [0.25, 0.3) is 0 Å². The highest BCUT2D eigenvalue weighted by atomic mass is 16.3. The van der Waals surface area contributed by atoms with Gasteiger partial charge in [-0.3, -0.25) is 4.79 Å². The summed E-state index contributed by atoms with van der Waals surface area (Å²) in [6.45, 7) is 3.71. The number of hydrogen-bond acceptors (Lipinski definition) is 4. The quantitative estimate of drug-likeness (QED) is 0.742. The predicted octanol–water partition coefficient (Wildman–Crippen LogP) is -0.322. The van der Waals surface area contributed by atoms with Crippen molar-refractivity contribution in [1.29, 1.82) is 0 Å². The Morgan fingerprint density at radius 2 is 2.27 bits per heavy atom. The Labute approximate surface area is 88.5 Å². The number of aromatic nitrogens is 3. The largest absolute Gasteiger partial charge is 0.392 e. The lowest BCUT2D eigenvalue weighted by molar-refractivity contribution is -0.134. The van der Waals surface area contributed by atoms with Crippen LogP contribution in [0.3, 0.4) is 0 Å². The molecule has 2 atom stereocenters. The molecule has 0 aliphatic heterocycles. The van der Waals surface area contributed by atoms with Gasteiger partial charge in [0, 0.05) is 13.6 Å². The Balaban J connectivity index is 2.60. The van der Waals surface area contributed by atoms with Gasteiger partial charge in [-0.05, 0) is 13.8 Å². The van der Waals surface area contributed by atoms with Crippen molar-refractivity contribution in [3.8, 4) is 0 Å². The molecule has 1 aromatic heterocycles. The lowest BCUT2D eigenvalue weighted by Gasteiger charge is -2.22. The van der Waals surface area contributed by atoms with Crippen molar-refractivity contribution < 1.29 is 9.90 Å². The summed E-state index contributed by atoms with van der Waals surface area (Å²) in [7, 11) is 1.66. The van der Waals surface area contributed by atoms with Gasteiger partial charge in [0.1, 0.15) is 18.7 Å². The molecule has 0 radical (unpaired) electrons. The van der Waals surface area contributed by atoms with Crippen LogP contribution in [0.1, 0.15) is 19.9 Å². The number of aliphatic hydroxyl groups excluding tert-OH is 1. The molecule has 0 saturated heterocycles. The first-order chi connectivity index (χ1) is 7.02. The van der Waals surface area contributed by atoms with E-state index < -0.39 is 12.1 Å². The maximum Gasteiger partial charge on any atom is 0.247 e. The minimum absolute atomic E-state index is 0.0959. The van der Waals surface area contributed by atoms with Gasteiger partial charge in [0.15, 0.2) is 0 Å². The summed E-state index contributed by atoms with van der Waals surface area (Å²) < 4.78 is 1.49. The third-order valence-corrected chi connectivity index (χ3v) is 2.11. The lowest BCUT2D eigenvalue weighted by atomic mass is 10.3. The van der Waals surface area contributed by atoms with E-state index in [4.69, 9.17) is 5.11 Å². The second-order valence-electron chi connectivity index (χ2n) is 3.62. The summed E-state index contributed by atoms with van der Waals surface area (Å²) in [5, 5.41) is 13.0. The van der Waals surface area contributed by atoms with Crippen LogP contribution in [0.15, 0.2) is 12.7 Å². The summed E-state index contributed by atoms with van der Waals surface area (Å²) >= 11 is 0. The van der Waals surface area contributed by atoms with E-state index in [1.165, 1.54) is 22.2 Å². The molecular formula is C9H16N4O2. The number of carbonyl (C=O) groups is 1. The van der Waals surface area contributed by atoms with Crippen molar-refractivity contribution >= 4 is 5.91 Å². The molecular weight excluding hydrogens is 196 g/mol. The molecule has 6 nitrogen and oxygen atoms in total. The molecule has 0 aliphatic rings. The lowest BCUT2D eigenvalue weighted by Crippen LogP contribution is -2.37. The number of aliphatic hydroxyl groups is 1. The Morgan fingerprint density at radius 1 is 1.60 bits per heavy atom. The van der Waals surface area contributed by atoms with Crippen LogP contribution >= 0.6 is 0 Å². The highest BCUT2D eigenvalue weighted by Crippen LogP contribution is 2.06. The molecule has 0 aliphatic carbocycles. The van der Waals surface area contributed by atoms with Crippen LogP contribution in [0.5, 0.6) is 0 Å². The Morgan fingerprint density at radius 3 is 2.73 bits per heavy atom. The van der Waals surface area contributed by atoms with Crippen LogP contribution in [0, 0.1) is 0 Å². The third kappa shape index (κ3) is 3.02. The summed E-state index contributed by atoms with van der Waals surface area (Å²) in [4.78, 5) is 17.1. The second-order valence-corrected chi connectivity index (χ2v) is 3.62. The number of amides is 1. The zero-order valence-electron chi connectivity index (χ0n) is 9.16. The fraction of sp³-hybridized carbons (Fsp3) is 0.667. The summed E-state index contributed by atoms with van der Waals surface area (Å²) in [6.07, 6.45) is 2.36. The van der Waals surface area contributed by atoms with Crippen LogP contribution in [0.25, 0.3) is 0 Å². The predicted molar refractivity (Wildman–Crippen MR) is 54.1 cm³/mol. The maximum atomic E-state index is 11.8. The van der Waals surface area contributed by atoms with Gasteiger partial charge in [-0.25, -0.2) is 9.67 Å². The summed E-state index contributed by atoms with van der Waals surface area (Å²) in [6, 6.07) is -0.392. The molecule has 1 heterocycles. The molecule has 0 aromatic carbocycles. The minimum Gasteiger partial charge on any atom is -0.392 e. The van der Waals surface area contributed by atoms with Crippen LogP contribution in [-0.4, -0.2) is 50.4 Å². The van der Waals surface area contributed by atoms with Crippen LogP contribution in [-0.2, 0) is 4.79 Å². The number of likely N-dealkylation sites (N-methyl/N-ethyl adjacent to an activating group) is 1. The number of rotatable bonds is 4. The fourth-order valence-electron chi connectivity index (χ4n) is 1.34. The Hall–Kier alpha value is -1.43. The Bertz CT molecular complexity index is 310. The van der Waals surface area contributed by atoms with Crippen LogP contribution in [0.2, 0.25) is 0 Å². The van der Waals surface area contributed by atoms with E-state index in [2.05, 4.69) is 10.1 Å². The van der Waals surface area contributed by atoms with Gasteiger partial charge < -0.3 is 10.0 Å². The van der Waals surface area contributed by atoms with Gasteiger partial charge in [0.2, 0.25) is 5.91 Å². The van der Waals surface area contributed by atoms with Crippen molar-refractivity contribution in [1.82, 2.24) is 19.7 Å². The average Bonchev–Trinajstić information content (AvgIpc) is 2.67. The number of nitrogens with zero attached hydrogens (tertiary/aromatic N) is 4. The summed E-state index contributed by atoms with van der Waals surface area (Å²) in [5.41, 5.74) is 0. The van der Waals surface area contributed by atoms with E-state index in [1.54, 1.807) is 20.9 Å². The molecule has 0 spiro atoms. The van der Waals surface area contributed by atoms with E-state index in [9.17, 15) is 4.79 Å². The van der Waals surface area contributed by atoms with Gasteiger partial charge in [0.05, 0.1) is 6.10 Å². The molecule has 1 amide bonds. The third-order valence-electron chi connectivity index (χ3n) is 2.11. The van der Waals surface area contributed by atoms with Crippen LogP contribution in [0.4, 0.5) is 0 Å². The zero-order chi connectivity index (χ0) is 11.4. The first-order valence-electron chi connectivity index (χ1n) is 4.79. The molecule has 15 heavy (non-hydrogen) atoms. The van der Waals surface area contributed by atoms with E-state index >= 15 is 0 Å². The van der Waals surface area contributed by atoms with Gasteiger partial charge in [-0.15, -0.1) is 0 Å². The highest BCUT2D eigenvalue weighted by Gasteiger charge is 2.20. The smallest absolute Gasteiger partial charge is 0.247 e. The topological polar surface area (TPSA) is 71.2 Å². The van der Waals surface area contributed by atoms with Crippen LogP contribution < -0.4 is 0 Å². The maximum absolute atomic E-state index is 11.8. The van der Waals surface area contributed by atoms with Crippen molar-refractivity contribution in [3.05, 3.63) is 12.7 Å². The second kappa shape index (κ2) is 4.88. The average molecular weight is 212 g/mol. The highest BCUT2D eigenvalue weighted by molar-refractivity contribution is 5.79. The number of carbonyl (C=O) groups excluding carboxylic acids is 1. The molecule has 1 aromatic rings. The first kappa shape index (κ1) is 11.6. The van der Waals surface area contributed by atoms with Gasteiger partial charge in [-0.2, -0.15) is 5.10 Å². The van der Waals surface area contributed by atoms with Gasteiger partial charge in [-0.1, -0.05) is 0 Å². The fourth-order valence-corrected chi connectivity index (χ4v) is 1.34. The normalized spacial score (nSPS) is 14.7. The molecule has 6 heteroatoms. The van der Waals surface area contributed by atoms with Crippen molar-refractivity contribution in [3.63, 3.8) is 0 Å². The van der Waals surface area contributed by atoms with Crippen molar-refractivity contribution in [2.24, 2.45) is 0 Å². The summed E-state index contributed by atoms with van der Waals surface area (Å²) in [5.74, 6) is -0.0959. The molecule has 0 bridgehead atoms. The SMILES string of the molecule is CC(O)CN(C)C(=O)C(C)n1cncn1. The monoisotopic (exact) mass is 212 g/mol. The Kier molecular flexibility index (Phi) is 3.79. The first-order valence-corrected chi connectivity index (χ1v) is 4.79. The van der Waals surface area contributed by atoms with E-state index in [1.807, 2.05) is 0 Å². The molecule has 84 valence electrons. The molecule has 1 N–H and O–H groups in total. The zero-order valence-corrected chi connectivity index (χ0v) is 9.16. The van der Waals surface area contributed by atoms with E-state index in [-0.39, 0.29) is 5.91 Å². The van der Waals surface area contributed by atoms with E-state index in [0.717, 1.165) is 0 Å². The molecule has 1 rings (SSSR count).